The smallest absolute Gasteiger partial charge is 0.281 e. The van der Waals surface area contributed by atoms with Crippen LogP contribution in [0.2, 0.25) is 10.0 Å². The molecule has 0 aliphatic rings. The number of amides is 1. The number of carbonyl (C=O) groups excluding carboxylic acids is 1. The van der Waals surface area contributed by atoms with Gasteiger partial charge in [-0.05, 0) is 58.2 Å². The maximum atomic E-state index is 12.7. The fraction of sp³-hybridized carbons (Fsp3) is 0.130. The van der Waals surface area contributed by atoms with Gasteiger partial charge >= 0.3 is 0 Å². The zero-order chi connectivity index (χ0) is 25.1. The summed E-state index contributed by atoms with van der Waals surface area (Å²) in [6, 6.07) is 8.73. The Morgan fingerprint density at radius 2 is 2.09 bits per heavy atom. The summed E-state index contributed by atoms with van der Waals surface area (Å²) in [7, 11) is 1.53. The number of benzene rings is 2. The number of nitrogen functional groups attached to an aromatic ring is 1. The van der Waals surface area contributed by atoms with E-state index < -0.39 is 0 Å². The van der Waals surface area contributed by atoms with E-state index in [9.17, 15) is 4.79 Å². The molecule has 0 unspecified atom stereocenters. The first-order valence-corrected chi connectivity index (χ1v) is 12.4. The van der Waals surface area contributed by atoms with Crippen molar-refractivity contribution in [2.45, 2.75) is 13.5 Å². The van der Waals surface area contributed by atoms with Gasteiger partial charge in [0.05, 0.1) is 28.1 Å². The number of anilines is 1. The number of thiophene rings is 1. The number of hydrogen-bond acceptors (Lipinski definition) is 8. The summed E-state index contributed by atoms with van der Waals surface area (Å²) in [5.41, 5.74) is 10.6. The molecule has 8 nitrogen and oxygen atoms in total. The van der Waals surface area contributed by atoms with Gasteiger partial charge in [0.25, 0.3) is 5.91 Å². The molecule has 1 amide bonds. The number of methoxy groups -OCH3 is 1. The minimum Gasteiger partial charge on any atom is -0.493 e. The normalized spacial score (nSPS) is 11.2. The molecule has 0 saturated heterocycles. The average molecular weight is 595 g/mol. The number of hydrogen-bond donors (Lipinski definition) is 2. The molecule has 35 heavy (non-hydrogen) atoms. The summed E-state index contributed by atoms with van der Waals surface area (Å²) >= 11 is 16.9. The third kappa shape index (κ3) is 5.51. The number of nitrogens with one attached hydrogen (secondary N) is 1. The summed E-state index contributed by atoms with van der Waals surface area (Å²) in [6.45, 7) is 2.02. The lowest BCUT2D eigenvalue weighted by Gasteiger charge is -2.14. The van der Waals surface area contributed by atoms with Crippen LogP contribution in [0.5, 0.6) is 11.5 Å². The summed E-state index contributed by atoms with van der Waals surface area (Å²) in [5, 5.41) is 5.82. The molecule has 0 spiro atoms. The first-order chi connectivity index (χ1) is 16.8. The fourth-order valence-corrected chi connectivity index (χ4v) is 5.36. The lowest BCUT2D eigenvalue weighted by molar-refractivity contribution is 0.0958. The first-order valence-electron chi connectivity index (χ1n) is 10.1. The zero-order valence-corrected chi connectivity index (χ0v) is 22.3. The highest BCUT2D eigenvalue weighted by molar-refractivity contribution is 9.10. The Labute approximate surface area is 223 Å². The SMILES string of the molecule is COc1cc(/C=N\NC(=O)c2sc3ncnc(N)c3c2C)cc(Br)c1OCc1ccc(Cl)cc1Cl. The van der Waals surface area contributed by atoms with Crippen LogP contribution in [-0.2, 0) is 6.61 Å². The summed E-state index contributed by atoms with van der Waals surface area (Å²) < 4.78 is 12.1. The van der Waals surface area contributed by atoms with E-state index in [2.05, 4.69) is 36.4 Å². The van der Waals surface area contributed by atoms with E-state index in [1.807, 2.05) is 0 Å². The monoisotopic (exact) mass is 593 g/mol. The molecule has 0 aliphatic carbocycles. The van der Waals surface area contributed by atoms with Crippen LogP contribution in [0.4, 0.5) is 5.82 Å². The number of ether oxygens (including phenoxy) is 2. The molecule has 180 valence electrons. The number of carbonyl (C=O) groups is 1. The number of aryl methyl sites for hydroxylation is 1. The van der Waals surface area contributed by atoms with Gasteiger partial charge in [-0.2, -0.15) is 5.10 Å². The zero-order valence-electron chi connectivity index (χ0n) is 18.4. The molecule has 4 rings (SSSR count). The van der Waals surface area contributed by atoms with Crippen molar-refractivity contribution >= 4 is 78.6 Å². The topological polar surface area (TPSA) is 112 Å². The molecular formula is C23H18BrCl2N5O3S. The average Bonchev–Trinajstić information content (AvgIpc) is 3.16. The first kappa shape index (κ1) is 25.2. The largest absolute Gasteiger partial charge is 0.493 e. The van der Waals surface area contributed by atoms with E-state index >= 15 is 0 Å². The van der Waals surface area contributed by atoms with Crippen LogP contribution in [0.25, 0.3) is 10.2 Å². The van der Waals surface area contributed by atoms with E-state index in [4.69, 9.17) is 38.4 Å². The van der Waals surface area contributed by atoms with Crippen LogP contribution in [0, 0.1) is 6.92 Å². The van der Waals surface area contributed by atoms with Crippen molar-refractivity contribution in [3.63, 3.8) is 0 Å². The number of hydrazone groups is 1. The summed E-state index contributed by atoms with van der Waals surface area (Å²) in [5.74, 6) is 0.946. The van der Waals surface area contributed by atoms with Crippen molar-refractivity contribution in [3.8, 4) is 11.5 Å². The second kappa shape index (κ2) is 10.8. The molecule has 2 heterocycles. The molecule has 0 atom stereocenters. The minimum absolute atomic E-state index is 0.220. The number of rotatable bonds is 7. The Bertz CT molecular complexity index is 1460. The number of fused-ring (bicyclic) bond motifs is 1. The van der Waals surface area contributed by atoms with Crippen LogP contribution < -0.4 is 20.6 Å². The second-order valence-electron chi connectivity index (χ2n) is 7.25. The van der Waals surface area contributed by atoms with Gasteiger partial charge in [-0.1, -0.05) is 29.3 Å². The Hall–Kier alpha value is -2.92. The second-order valence-corrected chi connectivity index (χ2v) is 9.95. The van der Waals surface area contributed by atoms with Crippen molar-refractivity contribution in [1.29, 1.82) is 0 Å². The Morgan fingerprint density at radius 1 is 1.29 bits per heavy atom. The van der Waals surface area contributed by atoms with Crippen LogP contribution in [-0.4, -0.2) is 29.2 Å². The number of nitrogens with two attached hydrogens (primary N) is 1. The quantitative estimate of drug-likeness (QED) is 0.200. The standard InChI is InChI=1S/C23H18BrCl2N5O3S/c1-11-18-21(27)28-10-29-23(18)35-20(11)22(32)31-30-8-12-5-15(24)19(17(6-12)33-2)34-9-13-3-4-14(25)7-16(13)26/h3-8,10H,9H2,1-2H3,(H,31,32)(H2,27,28,29)/b30-8-. The van der Waals surface area contributed by atoms with Gasteiger partial charge in [0, 0.05) is 15.6 Å². The highest BCUT2D eigenvalue weighted by Crippen LogP contribution is 2.37. The molecule has 0 fully saturated rings. The maximum Gasteiger partial charge on any atom is 0.281 e. The molecule has 12 heteroatoms. The Morgan fingerprint density at radius 3 is 2.80 bits per heavy atom. The fourth-order valence-electron chi connectivity index (χ4n) is 3.27. The van der Waals surface area contributed by atoms with Crippen molar-refractivity contribution < 1.29 is 14.3 Å². The Kier molecular flexibility index (Phi) is 7.75. The molecule has 0 bridgehead atoms. The van der Waals surface area contributed by atoms with Crippen molar-refractivity contribution in [2.24, 2.45) is 5.10 Å². The van der Waals surface area contributed by atoms with Gasteiger partial charge in [-0.3, -0.25) is 4.79 Å². The van der Waals surface area contributed by atoms with Crippen LogP contribution >= 0.6 is 50.5 Å². The highest BCUT2D eigenvalue weighted by atomic mass is 79.9. The molecule has 2 aromatic carbocycles. The van der Waals surface area contributed by atoms with Crippen molar-refractivity contribution in [3.05, 3.63) is 72.7 Å². The third-order valence-corrected chi connectivity index (χ3v) is 7.36. The lowest BCUT2D eigenvalue weighted by atomic mass is 10.2. The van der Waals surface area contributed by atoms with E-state index in [1.54, 1.807) is 37.3 Å². The van der Waals surface area contributed by atoms with Crippen LogP contribution in [0.1, 0.15) is 26.4 Å². The number of aromatic nitrogens is 2. The van der Waals surface area contributed by atoms with Gasteiger partial charge in [0.2, 0.25) is 0 Å². The van der Waals surface area contributed by atoms with E-state index in [0.717, 1.165) is 5.56 Å². The molecule has 4 aromatic rings. The van der Waals surface area contributed by atoms with Gasteiger partial charge in [-0.15, -0.1) is 11.3 Å². The van der Waals surface area contributed by atoms with Gasteiger partial charge in [0.15, 0.2) is 11.5 Å². The predicted octanol–water partition coefficient (Wildman–Crippen LogP) is 6.00. The maximum absolute atomic E-state index is 12.7. The Balaban J connectivity index is 1.48. The summed E-state index contributed by atoms with van der Waals surface area (Å²) in [4.78, 5) is 21.9. The molecule has 3 N–H and O–H groups in total. The van der Waals surface area contributed by atoms with Gasteiger partial charge < -0.3 is 15.2 Å². The summed E-state index contributed by atoms with van der Waals surface area (Å²) in [6.07, 6.45) is 2.87. The lowest BCUT2D eigenvalue weighted by Crippen LogP contribution is -2.17. The van der Waals surface area contributed by atoms with Gasteiger partial charge in [-0.25, -0.2) is 15.4 Å². The van der Waals surface area contributed by atoms with E-state index in [1.165, 1.54) is 31.0 Å². The highest BCUT2D eigenvalue weighted by Gasteiger charge is 2.18. The third-order valence-electron chi connectivity index (χ3n) is 4.98. The molecule has 2 aromatic heterocycles. The number of halogens is 3. The number of nitrogens with zero attached hydrogens (tertiary/aromatic N) is 3. The molecular weight excluding hydrogens is 577 g/mol. The van der Waals surface area contributed by atoms with E-state index in [0.29, 0.717) is 58.1 Å². The van der Waals surface area contributed by atoms with Crippen molar-refractivity contribution in [2.75, 3.05) is 12.8 Å². The molecule has 0 radical (unpaired) electrons. The molecule has 0 saturated carbocycles. The predicted molar refractivity (Wildman–Crippen MR) is 143 cm³/mol. The van der Waals surface area contributed by atoms with Crippen LogP contribution in [0.3, 0.4) is 0 Å². The van der Waals surface area contributed by atoms with Crippen LogP contribution in [0.15, 0.2) is 46.2 Å². The minimum atomic E-state index is -0.369. The van der Waals surface area contributed by atoms with Crippen molar-refractivity contribution in [1.82, 2.24) is 15.4 Å². The molecule has 0 aliphatic heterocycles. The van der Waals surface area contributed by atoms with Gasteiger partial charge in [0.1, 0.15) is 23.6 Å². The van der Waals surface area contributed by atoms with E-state index in [-0.39, 0.29) is 12.5 Å².